The molecule has 0 saturated carbocycles. The summed E-state index contributed by atoms with van der Waals surface area (Å²) in [4.78, 5) is 8.72. The van der Waals surface area contributed by atoms with Gasteiger partial charge < -0.3 is 4.74 Å². The summed E-state index contributed by atoms with van der Waals surface area (Å²) in [6.07, 6.45) is 1.23. The number of rotatable bonds is 4. The third kappa shape index (κ3) is 3.19. The van der Waals surface area contributed by atoms with E-state index in [4.69, 9.17) is 10.1 Å². The molecular formula is C15H18N4O. The second kappa shape index (κ2) is 6.25. The average molecular weight is 270 g/mol. The normalized spacial score (nSPS) is 11.9. The van der Waals surface area contributed by atoms with Crippen molar-refractivity contribution in [3.05, 3.63) is 59.2 Å². The van der Waals surface area contributed by atoms with Crippen LogP contribution in [0.15, 0.2) is 36.5 Å². The van der Waals surface area contributed by atoms with E-state index in [9.17, 15) is 0 Å². The molecule has 0 saturated heterocycles. The van der Waals surface area contributed by atoms with E-state index in [1.54, 1.807) is 13.2 Å². The molecule has 0 aliphatic carbocycles. The molecule has 0 bridgehead atoms. The number of aryl methyl sites for hydroxylation is 2. The number of ether oxygens (including phenoxy) is 1. The Kier molecular flexibility index (Phi) is 4.42. The Morgan fingerprint density at radius 2 is 1.95 bits per heavy atom. The molecule has 104 valence electrons. The Labute approximate surface area is 118 Å². The largest absolute Gasteiger partial charge is 0.452 e. The van der Waals surface area contributed by atoms with E-state index in [-0.39, 0.29) is 5.90 Å². The van der Waals surface area contributed by atoms with Gasteiger partial charge in [0.2, 0.25) is 5.90 Å². The Bertz CT molecular complexity index is 598. The predicted octanol–water partition coefficient (Wildman–Crippen LogP) is 2.35. The predicted molar refractivity (Wildman–Crippen MR) is 77.7 cm³/mol. The summed E-state index contributed by atoms with van der Waals surface area (Å²) in [5, 5.41) is 11.0. The molecule has 20 heavy (non-hydrogen) atoms. The zero-order valence-electron chi connectivity index (χ0n) is 11.8. The molecule has 2 rings (SSSR count). The van der Waals surface area contributed by atoms with Crippen LogP contribution < -0.4 is 5.32 Å². The first-order chi connectivity index (χ1) is 9.61. The smallest absolute Gasteiger partial charge is 0.215 e. The maximum atomic E-state index is 8.03. The van der Waals surface area contributed by atoms with Gasteiger partial charge in [-0.1, -0.05) is 18.2 Å². The molecule has 1 aromatic heterocycles. The zero-order chi connectivity index (χ0) is 14.5. The van der Waals surface area contributed by atoms with Gasteiger partial charge in [-0.15, -0.1) is 0 Å². The van der Waals surface area contributed by atoms with Gasteiger partial charge in [-0.3, -0.25) is 15.7 Å². The third-order valence-corrected chi connectivity index (χ3v) is 2.89. The van der Waals surface area contributed by atoms with Gasteiger partial charge in [-0.05, 0) is 33.0 Å². The minimum Gasteiger partial charge on any atom is -0.452 e. The molecule has 0 aliphatic rings. The summed E-state index contributed by atoms with van der Waals surface area (Å²) in [5.41, 5.74) is 3.04. The van der Waals surface area contributed by atoms with Gasteiger partial charge in [-0.2, -0.15) is 0 Å². The molecule has 5 nitrogen and oxygen atoms in total. The van der Waals surface area contributed by atoms with Gasteiger partial charge in [0, 0.05) is 11.8 Å². The molecule has 1 aromatic carbocycles. The lowest BCUT2D eigenvalue weighted by molar-refractivity contribution is 0.156. The van der Waals surface area contributed by atoms with Crippen LogP contribution in [0.1, 0.15) is 28.9 Å². The van der Waals surface area contributed by atoms with E-state index in [2.05, 4.69) is 15.3 Å². The number of nitrogens with one attached hydrogen (secondary N) is 2. The van der Waals surface area contributed by atoms with E-state index >= 15 is 0 Å². The molecule has 5 heteroatoms. The summed E-state index contributed by atoms with van der Waals surface area (Å²) in [7, 11) is 1.77. The van der Waals surface area contributed by atoms with E-state index < -0.39 is 6.23 Å². The Balaban J connectivity index is 2.21. The lowest BCUT2D eigenvalue weighted by atomic mass is 10.2. The summed E-state index contributed by atoms with van der Waals surface area (Å²) in [6, 6.07) is 9.33. The van der Waals surface area contributed by atoms with Crippen molar-refractivity contribution in [3.8, 4) is 0 Å². The summed E-state index contributed by atoms with van der Waals surface area (Å²) in [5.74, 6) is 0.104. The first-order valence-electron chi connectivity index (χ1n) is 6.40. The molecule has 0 fully saturated rings. The molecule has 0 spiro atoms. The van der Waals surface area contributed by atoms with Gasteiger partial charge in [0.15, 0.2) is 6.23 Å². The number of hydrogen-bond acceptors (Lipinski definition) is 5. The van der Waals surface area contributed by atoms with E-state index in [1.165, 1.54) is 0 Å². The van der Waals surface area contributed by atoms with Crippen molar-refractivity contribution >= 4 is 5.90 Å². The van der Waals surface area contributed by atoms with E-state index in [0.29, 0.717) is 5.69 Å². The van der Waals surface area contributed by atoms with Crippen LogP contribution in [0.3, 0.4) is 0 Å². The third-order valence-electron chi connectivity index (χ3n) is 2.89. The van der Waals surface area contributed by atoms with Crippen molar-refractivity contribution in [1.29, 1.82) is 5.41 Å². The number of benzene rings is 1. The van der Waals surface area contributed by atoms with E-state index in [1.807, 2.05) is 44.2 Å². The topological polar surface area (TPSA) is 70.9 Å². The number of hydrogen-bond donors (Lipinski definition) is 2. The highest BCUT2D eigenvalue weighted by Crippen LogP contribution is 2.17. The first-order valence-corrected chi connectivity index (χ1v) is 6.40. The number of nitrogens with zero attached hydrogens (tertiary/aromatic N) is 2. The minimum absolute atomic E-state index is 0.104. The van der Waals surface area contributed by atoms with Crippen molar-refractivity contribution in [1.82, 2.24) is 15.3 Å². The van der Waals surface area contributed by atoms with Crippen molar-refractivity contribution in [3.63, 3.8) is 0 Å². The summed E-state index contributed by atoms with van der Waals surface area (Å²) in [6.45, 7) is 3.76. The molecule has 1 heterocycles. The highest BCUT2D eigenvalue weighted by atomic mass is 16.5. The van der Waals surface area contributed by atoms with Gasteiger partial charge >= 0.3 is 0 Å². The van der Waals surface area contributed by atoms with Crippen LogP contribution in [0.25, 0.3) is 0 Å². The monoisotopic (exact) mass is 270 g/mol. The standard InChI is InChI=1S/C15H18N4O/c1-10-9-18-11(2)13(19-10)15(17-3)20-14(16)12-7-5-4-6-8-12/h4-9,15-17H,1-3H3. The van der Waals surface area contributed by atoms with Gasteiger partial charge in [0.05, 0.1) is 11.4 Å². The SMILES string of the molecule is CNC(OC(=N)c1ccccc1)c1nc(C)cnc1C. The summed E-state index contributed by atoms with van der Waals surface area (Å²) < 4.78 is 5.68. The van der Waals surface area contributed by atoms with Crippen LogP contribution in [0.2, 0.25) is 0 Å². The van der Waals surface area contributed by atoms with Crippen LogP contribution in [0.4, 0.5) is 0 Å². The molecule has 0 aliphatic heterocycles. The number of aromatic nitrogens is 2. The molecule has 2 aromatic rings. The molecule has 1 atom stereocenters. The van der Waals surface area contributed by atoms with Gasteiger partial charge in [0.1, 0.15) is 5.69 Å². The fourth-order valence-corrected chi connectivity index (χ4v) is 1.83. The molecule has 2 N–H and O–H groups in total. The minimum atomic E-state index is -0.491. The zero-order valence-corrected chi connectivity index (χ0v) is 11.8. The van der Waals surface area contributed by atoms with Crippen LogP contribution in [0, 0.1) is 19.3 Å². The Morgan fingerprint density at radius 1 is 1.25 bits per heavy atom. The maximum absolute atomic E-state index is 8.03. The van der Waals surface area contributed by atoms with E-state index in [0.717, 1.165) is 17.0 Å². The first kappa shape index (κ1) is 14.1. The van der Waals surface area contributed by atoms with Crippen LogP contribution in [-0.4, -0.2) is 22.9 Å². The van der Waals surface area contributed by atoms with Crippen LogP contribution in [-0.2, 0) is 4.74 Å². The fraction of sp³-hybridized carbons (Fsp3) is 0.267. The second-order valence-electron chi connectivity index (χ2n) is 4.46. The highest BCUT2D eigenvalue weighted by molar-refractivity contribution is 5.91. The molecule has 0 amide bonds. The summed E-state index contributed by atoms with van der Waals surface area (Å²) >= 11 is 0. The van der Waals surface area contributed by atoms with Crippen molar-refractivity contribution in [2.24, 2.45) is 0 Å². The maximum Gasteiger partial charge on any atom is 0.215 e. The lowest BCUT2D eigenvalue weighted by Crippen LogP contribution is -2.25. The Hall–Kier alpha value is -2.27. The quantitative estimate of drug-likeness (QED) is 0.508. The highest BCUT2D eigenvalue weighted by Gasteiger charge is 2.18. The lowest BCUT2D eigenvalue weighted by Gasteiger charge is -2.19. The van der Waals surface area contributed by atoms with Crippen LogP contribution in [0.5, 0.6) is 0 Å². The second-order valence-corrected chi connectivity index (χ2v) is 4.46. The van der Waals surface area contributed by atoms with Crippen molar-refractivity contribution in [2.75, 3.05) is 7.05 Å². The van der Waals surface area contributed by atoms with Gasteiger partial charge in [0.25, 0.3) is 0 Å². The van der Waals surface area contributed by atoms with Crippen molar-refractivity contribution in [2.45, 2.75) is 20.1 Å². The molecule has 1 unspecified atom stereocenters. The Morgan fingerprint density at radius 3 is 2.60 bits per heavy atom. The molecule has 0 radical (unpaired) electrons. The van der Waals surface area contributed by atoms with Gasteiger partial charge in [-0.25, -0.2) is 4.98 Å². The fourth-order valence-electron chi connectivity index (χ4n) is 1.83. The van der Waals surface area contributed by atoms with Crippen LogP contribution >= 0.6 is 0 Å². The van der Waals surface area contributed by atoms with Crippen molar-refractivity contribution < 1.29 is 4.74 Å². The molecular weight excluding hydrogens is 252 g/mol. The average Bonchev–Trinajstić information content (AvgIpc) is 2.48.